The molecule has 0 fully saturated rings. The molecule has 0 aromatic carbocycles. The maximum absolute atomic E-state index is 12.0. The SMILES string of the molecule is COCCn1cc(NC(=O)c2ccc(N)cn2)ccc1=O. The zero-order valence-corrected chi connectivity index (χ0v) is 11.6. The quantitative estimate of drug-likeness (QED) is 0.844. The number of nitrogens with two attached hydrogens (primary N) is 1. The van der Waals surface area contributed by atoms with Crippen LogP contribution in [0.3, 0.4) is 0 Å². The Hall–Kier alpha value is -2.67. The van der Waals surface area contributed by atoms with Gasteiger partial charge in [0.2, 0.25) is 0 Å². The Balaban J connectivity index is 2.13. The Bertz CT molecular complexity index is 679. The third kappa shape index (κ3) is 3.90. The minimum atomic E-state index is -0.369. The molecule has 0 spiro atoms. The summed E-state index contributed by atoms with van der Waals surface area (Å²) in [5, 5.41) is 2.68. The zero-order chi connectivity index (χ0) is 15.2. The van der Waals surface area contributed by atoms with E-state index in [1.54, 1.807) is 25.4 Å². The van der Waals surface area contributed by atoms with Crippen molar-refractivity contribution in [2.45, 2.75) is 6.54 Å². The third-order valence-corrected chi connectivity index (χ3v) is 2.80. The van der Waals surface area contributed by atoms with Gasteiger partial charge in [0.25, 0.3) is 11.5 Å². The average molecular weight is 288 g/mol. The summed E-state index contributed by atoms with van der Waals surface area (Å²) in [6, 6.07) is 6.07. The van der Waals surface area contributed by atoms with E-state index in [1.165, 1.54) is 22.9 Å². The van der Waals surface area contributed by atoms with E-state index >= 15 is 0 Å². The first-order valence-corrected chi connectivity index (χ1v) is 6.32. The Morgan fingerprint density at radius 3 is 2.86 bits per heavy atom. The summed E-state index contributed by atoms with van der Waals surface area (Å²) in [6.45, 7) is 0.829. The molecule has 0 aliphatic heterocycles. The van der Waals surface area contributed by atoms with Crippen molar-refractivity contribution in [2.24, 2.45) is 0 Å². The number of pyridine rings is 2. The molecule has 0 bridgehead atoms. The normalized spacial score (nSPS) is 10.3. The molecule has 0 atom stereocenters. The summed E-state index contributed by atoms with van der Waals surface area (Å²) in [6.07, 6.45) is 2.98. The van der Waals surface area contributed by atoms with Gasteiger partial charge >= 0.3 is 0 Å². The first-order chi connectivity index (χ1) is 10.1. The van der Waals surface area contributed by atoms with Crippen molar-refractivity contribution in [3.05, 3.63) is 52.7 Å². The highest BCUT2D eigenvalue weighted by atomic mass is 16.5. The molecule has 0 aliphatic rings. The fourth-order valence-electron chi connectivity index (χ4n) is 1.70. The summed E-state index contributed by atoms with van der Waals surface area (Å²) in [5.74, 6) is -0.369. The topological polar surface area (TPSA) is 99.2 Å². The number of rotatable bonds is 5. The number of anilines is 2. The summed E-state index contributed by atoms with van der Waals surface area (Å²) >= 11 is 0. The molecule has 7 nitrogen and oxygen atoms in total. The van der Waals surface area contributed by atoms with Crippen LogP contribution in [0, 0.1) is 0 Å². The molecule has 0 aliphatic carbocycles. The van der Waals surface area contributed by atoms with Gasteiger partial charge in [0, 0.05) is 25.9 Å². The number of hydrogen-bond acceptors (Lipinski definition) is 5. The molecule has 2 rings (SSSR count). The Labute approximate surface area is 121 Å². The molecule has 21 heavy (non-hydrogen) atoms. The fraction of sp³-hybridized carbons (Fsp3) is 0.214. The molecule has 0 radical (unpaired) electrons. The minimum Gasteiger partial charge on any atom is -0.397 e. The van der Waals surface area contributed by atoms with Gasteiger partial charge in [-0.25, -0.2) is 4.98 Å². The molecule has 0 saturated heterocycles. The number of methoxy groups -OCH3 is 1. The highest BCUT2D eigenvalue weighted by Crippen LogP contribution is 2.07. The van der Waals surface area contributed by atoms with Crippen LogP contribution in [-0.4, -0.2) is 29.2 Å². The van der Waals surface area contributed by atoms with Crippen molar-refractivity contribution < 1.29 is 9.53 Å². The number of ether oxygens (including phenoxy) is 1. The van der Waals surface area contributed by atoms with Crippen molar-refractivity contribution in [2.75, 3.05) is 24.8 Å². The molecular weight excluding hydrogens is 272 g/mol. The maximum Gasteiger partial charge on any atom is 0.274 e. The van der Waals surface area contributed by atoms with Crippen LogP contribution in [0.25, 0.3) is 0 Å². The number of nitrogens with one attached hydrogen (secondary N) is 1. The fourth-order valence-corrected chi connectivity index (χ4v) is 1.70. The Morgan fingerprint density at radius 2 is 2.19 bits per heavy atom. The summed E-state index contributed by atoms with van der Waals surface area (Å²) in [4.78, 5) is 27.6. The largest absolute Gasteiger partial charge is 0.397 e. The number of nitrogens with zero attached hydrogens (tertiary/aromatic N) is 2. The molecule has 7 heteroatoms. The molecule has 3 N–H and O–H groups in total. The van der Waals surface area contributed by atoms with E-state index in [-0.39, 0.29) is 17.2 Å². The van der Waals surface area contributed by atoms with Crippen LogP contribution < -0.4 is 16.6 Å². The predicted molar refractivity (Wildman–Crippen MR) is 79.2 cm³/mol. The van der Waals surface area contributed by atoms with E-state index in [0.29, 0.717) is 24.5 Å². The van der Waals surface area contributed by atoms with Crippen molar-refractivity contribution >= 4 is 17.3 Å². The van der Waals surface area contributed by atoms with E-state index in [9.17, 15) is 9.59 Å². The van der Waals surface area contributed by atoms with Gasteiger partial charge in [-0.3, -0.25) is 9.59 Å². The summed E-state index contributed by atoms with van der Waals surface area (Å²) < 4.78 is 6.40. The second-order valence-electron chi connectivity index (χ2n) is 4.37. The number of aromatic nitrogens is 2. The molecule has 110 valence electrons. The van der Waals surface area contributed by atoms with Gasteiger partial charge in [-0.2, -0.15) is 0 Å². The van der Waals surface area contributed by atoms with Crippen LogP contribution in [0.5, 0.6) is 0 Å². The lowest BCUT2D eigenvalue weighted by Crippen LogP contribution is -2.22. The minimum absolute atomic E-state index is 0.157. The zero-order valence-electron chi connectivity index (χ0n) is 11.6. The van der Waals surface area contributed by atoms with Gasteiger partial charge in [-0.15, -0.1) is 0 Å². The van der Waals surface area contributed by atoms with Gasteiger partial charge in [0.1, 0.15) is 5.69 Å². The van der Waals surface area contributed by atoms with Crippen LogP contribution in [0.1, 0.15) is 10.5 Å². The Kier molecular flexibility index (Phi) is 4.68. The van der Waals surface area contributed by atoms with E-state index in [1.807, 2.05) is 0 Å². The van der Waals surface area contributed by atoms with Gasteiger partial charge in [-0.05, 0) is 18.2 Å². The summed E-state index contributed by atoms with van der Waals surface area (Å²) in [5.41, 5.74) is 6.60. The third-order valence-electron chi connectivity index (χ3n) is 2.80. The second-order valence-corrected chi connectivity index (χ2v) is 4.37. The Morgan fingerprint density at radius 1 is 1.38 bits per heavy atom. The van der Waals surface area contributed by atoms with E-state index in [4.69, 9.17) is 10.5 Å². The number of carbonyl (C=O) groups excluding carboxylic acids is 1. The van der Waals surface area contributed by atoms with Crippen molar-refractivity contribution in [3.8, 4) is 0 Å². The van der Waals surface area contributed by atoms with Crippen molar-refractivity contribution in [1.82, 2.24) is 9.55 Å². The lowest BCUT2D eigenvalue weighted by atomic mass is 10.3. The average Bonchev–Trinajstić information content (AvgIpc) is 2.48. The number of nitrogen functional groups attached to an aromatic ring is 1. The van der Waals surface area contributed by atoms with Crippen LogP contribution >= 0.6 is 0 Å². The summed E-state index contributed by atoms with van der Waals surface area (Å²) in [7, 11) is 1.56. The van der Waals surface area contributed by atoms with Crippen LogP contribution in [0.4, 0.5) is 11.4 Å². The van der Waals surface area contributed by atoms with Crippen LogP contribution in [0.2, 0.25) is 0 Å². The molecule has 2 aromatic rings. The monoisotopic (exact) mass is 288 g/mol. The van der Waals surface area contributed by atoms with Gasteiger partial charge < -0.3 is 20.4 Å². The number of carbonyl (C=O) groups is 1. The highest BCUT2D eigenvalue weighted by Gasteiger charge is 2.08. The first kappa shape index (κ1) is 14.7. The number of amides is 1. The first-order valence-electron chi connectivity index (χ1n) is 6.32. The van der Waals surface area contributed by atoms with Gasteiger partial charge in [0.05, 0.1) is 24.2 Å². The standard InChI is InChI=1S/C14H16N4O3/c1-21-7-6-18-9-11(3-5-13(18)19)17-14(20)12-4-2-10(15)8-16-12/h2-5,8-9H,6-7,15H2,1H3,(H,17,20). The molecule has 2 aromatic heterocycles. The lowest BCUT2D eigenvalue weighted by Gasteiger charge is -2.09. The predicted octanol–water partition coefficient (Wildman–Crippen LogP) is 0.724. The molecule has 2 heterocycles. The highest BCUT2D eigenvalue weighted by molar-refractivity contribution is 6.02. The van der Waals surface area contributed by atoms with Crippen molar-refractivity contribution in [1.29, 1.82) is 0 Å². The van der Waals surface area contributed by atoms with E-state index in [0.717, 1.165) is 0 Å². The van der Waals surface area contributed by atoms with Gasteiger partial charge in [-0.1, -0.05) is 0 Å². The maximum atomic E-state index is 12.0. The van der Waals surface area contributed by atoms with E-state index < -0.39 is 0 Å². The van der Waals surface area contributed by atoms with Crippen LogP contribution in [-0.2, 0) is 11.3 Å². The molecular formula is C14H16N4O3. The molecule has 1 amide bonds. The van der Waals surface area contributed by atoms with Gasteiger partial charge in [0.15, 0.2) is 0 Å². The number of hydrogen-bond donors (Lipinski definition) is 2. The van der Waals surface area contributed by atoms with E-state index in [2.05, 4.69) is 10.3 Å². The lowest BCUT2D eigenvalue weighted by molar-refractivity contribution is 0.102. The van der Waals surface area contributed by atoms with Crippen molar-refractivity contribution in [3.63, 3.8) is 0 Å². The molecule has 0 saturated carbocycles. The second kappa shape index (κ2) is 6.67. The smallest absolute Gasteiger partial charge is 0.274 e. The van der Waals surface area contributed by atoms with Crippen LogP contribution in [0.15, 0.2) is 41.5 Å². The molecule has 0 unspecified atom stereocenters.